The Morgan fingerprint density at radius 2 is 2.17 bits per heavy atom. The van der Waals surface area contributed by atoms with Crippen LogP contribution in [-0.4, -0.2) is 9.78 Å². The van der Waals surface area contributed by atoms with Crippen LogP contribution in [0.15, 0.2) is 6.07 Å². The highest BCUT2D eigenvalue weighted by molar-refractivity contribution is 7.71. The van der Waals surface area contributed by atoms with Crippen molar-refractivity contribution >= 4 is 12.2 Å². The zero-order chi connectivity index (χ0) is 8.55. The van der Waals surface area contributed by atoms with Gasteiger partial charge in [0.25, 0.3) is 0 Å². The maximum Gasteiger partial charge on any atom is 0.121 e. The van der Waals surface area contributed by atoms with Crippen LogP contribution in [0.1, 0.15) is 37.3 Å². The molecule has 1 aromatic rings. The van der Waals surface area contributed by atoms with Gasteiger partial charge < -0.3 is 5.10 Å². The minimum Gasteiger partial charge on any atom is -0.302 e. The van der Waals surface area contributed by atoms with Crippen molar-refractivity contribution in [2.75, 3.05) is 0 Å². The summed E-state index contributed by atoms with van der Waals surface area (Å²) in [5.41, 5.74) is 1.33. The number of nitrogens with zero attached hydrogens (tertiary/aromatic N) is 1. The molecule has 1 aliphatic rings. The smallest absolute Gasteiger partial charge is 0.121 e. The Morgan fingerprint density at radius 1 is 1.50 bits per heavy atom. The fraction of sp³-hybridized carbons (Fsp3) is 0.667. The first-order valence-corrected chi connectivity index (χ1v) is 4.94. The van der Waals surface area contributed by atoms with Crippen LogP contribution in [0.2, 0.25) is 0 Å². The summed E-state index contributed by atoms with van der Waals surface area (Å²) in [6, 6.07) is 2.10. The van der Waals surface area contributed by atoms with Crippen LogP contribution < -0.4 is 0 Å². The van der Waals surface area contributed by atoms with Gasteiger partial charge >= 0.3 is 0 Å². The molecule has 0 bridgehead atoms. The van der Waals surface area contributed by atoms with Crippen LogP contribution in [0.4, 0.5) is 0 Å². The van der Waals surface area contributed by atoms with Gasteiger partial charge in [-0.25, -0.2) is 0 Å². The Hall–Kier alpha value is -0.570. The predicted octanol–water partition coefficient (Wildman–Crippen LogP) is 2.74. The van der Waals surface area contributed by atoms with Crippen molar-refractivity contribution in [2.45, 2.75) is 31.6 Å². The third-order valence-electron chi connectivity index (χ3n) is 2.70. The van der Waals surface area contributed by atoms with Crippen molar-refractivity contribution in [3.05, 3.63) is 16.4 Å². The molecule has 3 heteroatoms. The molecular weight excluding hydrogens is 168 g/mol. The molecule has 1 aliphatic carbocycles. The molecule has 1 N–H and O–H groups in total. The average Bonchev–Trinajstić information content (AvgIpc) is 2.61. The molecule has 12 heavy (non-hydrogen) atoms. The van der Waals surface area contributed by atoms with E-state index in [1.54, 1.807) is 0 Å². The number of aromatic nitrogens is 2. The lowest BCUT2D eigenvalue weighted by molar-refractivity contribution is 0.655. The van der Waals surface area contributed by atoms with Crippen LogP contribution in [0.25, 0.3) is 0 Å². The number of aromatic amines is 1. The summed E-state index contributed by atoms with van der Waals surface area (Å²) in [6.45, 7) is 0. The second kappa shape index (κ2) is 3.05. The van der Waals surface area contributed by atoms with E-state index in [9.17, 15) is 0 Å². The molecule has 0 saturated heterocycles. The molecule has 0 amide bonds. The summed E-state index contributed by atoms with van der Waals surface area (Å²) in [5, 5.41) is 3.30. The molecule has 66 valence electrons. The number of hydrogen-bond acceptors (Lipinski definition) is 1. The highest BCUT2D eigenvalue weighted by Crippen LogP contribution is 2.32. The molecule has 0 aliphatic heterocycles. The SMILES string of the molecule is Cn1[nH]c(C2CCCC2)cc1=S. The predicted molar refractivity (Wildman–Crippen MR) is 51.8 cm³/mol. The van der Waals surface area contributed by atoms with Gasteiger partial charge in [-0.2, -0.15) is 0 Å². The molecule has 0 unspecified atom stereocenters. The number of aryl methyl sites for hydroxylation is 1. The van der Waals surface area contributed by atoms with E-state index in [-0.39, 0.29) is 0 Å². The lowest BCUT2D eigenvalue weighted by atomic mass is 10.1. The van der Waals surface area contributed by atoms with E-state index in [1.807, 2.05) is 11.7 Å². The first-order valence-electron chi connectivity index (χ1n) is 4.53. The van der Waals surface area contributed by atoms with Gasteiger partial charge in [0.1, 0.15) is 4.64 Å². The lowest BCUT2D eigenvalue weighted by Gasteiger charge is -2.04. The standard InChI is InChI=1S/C9H14N2S/c1-11-9(12)6-8(10-11)7-4-2-3-5-7/h6-7,10H,2-5H2,1H3. The van der Waals surface area contributed by atoms with E-state index in [0.717, 1.165) is 10.6 Å². The Kier molecular flexibility index (Phi) is 2.05. The van der Waals surface area contributed by atoms with E-state index in [4.69, 9.17) is 12.2 Å². The molecule has 0 atom stereocenters. The van der Waals surface area contributed by atoms with Crippen molar-refractivity contribution in [1.82, 2.24) is 9.78 Å². The minimum absolute atomic E-state index is 0.743. The van der Waals surface area contributed by atoms with Crippen molar-refractivity contribution < 1.29 is 0 Å². The summed E-state index contributed by atoms with van der Waals surface area (Å²) >= 11 is 5.14. The molecule has 0 spiro atoms. The third-order valence-corrected chi connectivity index (χ3v) is 3.09. The Bertz CT molecular complexity index is 318. The molecule has 1 heterocycles. The van der Waals surface area contributed by atoms with Crippen LogP contribution in [0, 0.1) is 4.64 Å². The van der Waals surface area contributed by atoms with Gasteiger partial charge in [-0.05, 0) is 18.9 Å². The normalized spacial score (nSPS) is 18.8. The van der Waals surface area contributed by atoms with Crippen LogP contribution in [0.5, 0.6) is 0 Å². The van der Waals surface area contributed by atoms with Crippen molar-refractivity contribution in [3.8, 4) is 0 Å². The summed E-state index contributed by atoms with van der Waals surface area (Å²) in [6.07, 6.45) is 5.41. The van der Waals surface area contributed by atoms with Gasteiger partial charge in [-0.3, -0.25) is 4.68 Å². The van der Waals surface area contributed by atoms with E-state index in [1.165, 1.54) is 31.4 Å². The van der Waals surface area contributed by atoms with E-state index < -0.39 is 0 Å². The van der Waals surface area contributed by atoms with Gasteiger partial charge in [0.2, 0.25) is 0 Å². The monoisotopic (exact) mass is 182 g/mol. The Labute approximate surface area is 77.6 Å². The van der Waals surface area contributed by atoms with Crippen molar-refractivity contribution in [2.24, 2.45) is 7.05 Å². The molecule has 1 aromatic heterocycles. The topological polar surface area (TPSA) is 20.7 Å². The molecule has 0 radical (unpaired) electrons. The number of H-pyrrole nitrogens is 1. The maximum absolute atomic E-state index is 5.14. The molecule has 1 fully saturated rings. The van der Waals surface area contributed by atoms with Gasteiger partial charge in [0.15, 0.2) is 0 Å². The molecule has 2 rings (SSSR count). The van der Waals surface area contributed by atoms with Crippen molar-refractivity contribution in [3.63, 3.8) is 0 Å². The molecular formula is C9H14N2S. The van der Waals surface area contributed by atoms with Crippen LogP contribution in [-0.2, 0) is 7.05 Å². The molecule has 2 nitrogen and oxygen atoms in total. The number of hydrogen-bond donors (Lipinski definition) is 1. The fourth-order valence-corrected chi connectivity index (χ4v) is 2.13. The summed E-state index contributed by atoms with van der Waals surface area (Å²) < 4.78 is 2.83. The van der Waals surface area contributed by atoms with E-state index in [2.05, 4.69) is 11.2 Å². The van der Waals surface area contributed by atoms with Gasteiger partial charge in [-0.15, -0.1) is 0 Å². The lowest BCUT2D eigenvalue weighted by Crippen LogP contribution is -1.95. The Balaban J connectivity index is 2.27. The zero-order valence-corrected chi connectivity index (χ0v) is 8.16. The summed E-state index contributed by atoms with van der Waals surface area (Å²) in [7, 11) is 1.97. The van der Waals surface area contributed by atoms with Crippen LogP contribution >= 0.6 is 12.2 Å². The quantitative estimate of drug-likeness (QED) is 0.662. The van der Waals surface area contributed by atoms with E-state index >= 15 is 0 Å². The molecule has 1 saturated carbocycles. The molecule has 0 aromatic carbocycles. The first-order chi connectivity index (χ1) is 5.77. The maximum atomic E-state index is 5.14. The largest absolute Gasteiger partial charge is 0.302 e. The first kappa shape index (κ1) is 8.05. The van der Waals surface area contributed by atoms with Gasteiger partial charge in [-0.1, -0.05) is 25.1 Å². The average molecular weight is 182 g/mol. The van der Waals surface area contributed by atoms with Crippen molar-refractivity contribution in [1.29, 1.82) is 0 Å². The minimum atomic E-state index is 0.743. The second-order valence-electron chi connectivity index (χ2n) is 3.59. The second-order valence-corrected chi connectivity index (χ2v) is 4.01. The fourth-order valence-electron chi connectivity index (χ4n) is 1.96. The number of rotatable bonds is 1. The van der Waals surface area contributed by atoms with E-state index in [0.29, 0.717) is 0 Å². The highest BCUT2D eigenvalue weighted by Gasteiger charge is 2.18. The van der Waals surface area contributed by atoms with Gasteiger partial charge in [0, 0.05) is 18.7 Å². The summed E-state index contributed by atoms with van der Waals surface area (Å²) in [4.78, 5) is 0. The number of nitrogens with one attached hydrogen (secondary N) is 1. The third kappa shape index (κ3) is 1.33. The highest BCUT2D eigenvalue weighted by atomic mass is 32.1. The zero-order valence-electron chi connectivity index (χ0n) is 7.34. The summed E-state index contributed by atoms with van der Waals surface area (Å²) in [5.74, 6) is 0.743. The van der Waals surface area contributed by atoms with Gasteiger partial charge in [0.05, 0.1) is 0 Å². The van der Waals surface area contributed by atoms with Crippen LogP contribution in [0.3, 0.4) is 0 Å². The Morgan fingerprint density at radius 3 is 2.67 bits per heavy atom.